The molecule has 1 aromatic rings. The second kappa shape index (κ2) is 6.44. The van der Waals surface area contributed by atoms with Crippen molar-refractivity contribution in [1.29, 1.82) is 0 Å². The van der Waals surface area contributed by atoms with Crippen LogP contribution in [0, 0.1) is 5.92 Å². The first-order valence-corrected chi connectivity index (χ1v) is 7.47. The summed E-state index contributed by atoms with van der Waals surface area (Å²) in [6.45, 7) is 4.15. The zero-order valence-corrected chi connectivity index (χ0v) is 12.9. The number of anilines is 1. The zero-order chi connectivity index (χ0) is 15.6. The van der Waals surface area contributed by atoms with Crippen LogP contribution in [0.2, 0.25) is 5.02 Å². The Kier molecular flexibility index (Phi) is 5.04. The monoisotopic (exact) mass is 320 g/mol. The lowest BCUT2D eigenvalue weighted by molar-refractivity contribution is -0.137. The quantitative estimate of drug-likeness (QED) is 0.882. The Morgan fingerprint density at radius 1 is 1.38 bits per heavy atom. The minimum Gasteiger partial charge on any atom is -0.381 e. The van der Waals surface area contributed by atoms with E-state index in [1.165, 1.54) is 6.07 Å². The van der Waals surface area contributed by atoms with Gasteiger partial charge in [0.05, 0.1) is 16.3 Å². The minimum absolute atomic E-state index is 0.112. The van der Waals surface area contributed by atoms with E-state index in [1.807, 2.05) is 0 Å². The van der Waals surface area contributed by atoms with Gasteiger partial charge in [0.1, 0.15) is 0 Å². The molecule has 2 atom stereocenters. The summed E-state index contributed by atoms with van der Waals surface area (Å²) in [5, 5.41) is 3.37. The molecule has 2 unspecified atom stereocenters. The second-order valence-electron chi connectivity index (χ2n) is 5.79. The second-order valence-corrected chi connectivity index (χ2v) is 6.20. The first-order valence-electron chi connectivity index (χ1n) is 7.09. The molecule has 1 fully saturated rings. The van der Waals surface area contributed by atoms with Crippen LogP contribution in [0.4, 0.5) is 18.9 Å². The normalized spacial score (nSPS) is 22.1. The van der Waals surface area contributed by atoms with E-state index in [4.69, 9.17) is 11.6 Å². The maximum atomic E-state index is 12.6. The summed E-state index contributed by atoms with van der Waals surface area (Å²) in [6.07, 6.45) is -2.09. The van der Waals surface area contributed by atoms with Gasteiger partial charge in [0, 0.05) is 12.6 Å². The maximum Gasteiger partial charge on any atom is 0.416 e. The number of nitrogens with zero attached hydrogens (tertiary/aromatic N) is 1. The highest BCUT2D eigenvalue weighted by molar-refractivity contribution is 6.33. The van der Waals surface area contributed by atoms with Gasteiger partial charge in [-0.2, -0.15) is 13.2 Å². The SMILES string of the molecule is CC(Nc1ccc(C(F)(F)F)cc1Cl)C1CCCN(C)C1. The molecule has 0 aromatic heterocycles. The lowest BCUT2D eigenvalue weighted by Gasteiger charge is -2.34. The van der Waals surface area contributed by atoms with Crippen LogP contribution >= 0.6 is 11.6 Å². The lowest BCUT2D eigenvalue weighted by atomic mass is 9.91. The zero-order valence-electron chi connectivity index (χ0n) is 12.2. The van der Waals surface area contributed by atoms with Gasteiger partial charge in [-0.3, -0.25) is 0 Å². The van der Waals surface area contributed by atoms with Crippen LogP contribution in [0.5, 0.6) is 0 Å². The number of rotatable bonds is 3. The van der Waals surface area contributed by atoms with Crippen LogP contribution in [0.25, 0.3) is 0 Å². The van der Waals surface area contributed by atoms with E-state index in [0.717, 1.165) is 38.1 Å². The number of halogens is 4. The molecule has 6 heteroatoms. The molecule has 0 amide bonds. The van der Waals surface area contributed by atoms with E-state index in [-0.39, 0.29) is 11.1 Å². The summed E-state index contributed by atoms with van der Waals surface area (Å²) in [7, 11) is 2.09. The van der Waals surface area contributed by atoms with E-state index in [9.17, 15) is 13.2 Å². The fourth-order valence-electron chi connectivity index (χ4n) is 2.79. The molecule has 0 spiro atoms. The topological polar surface area (TPSA) is 15.3 Å². The van der Waals surface area contributed by atoms with Gasteiger partial charge in [0.15, 0.2) is 0 Å². The molecule has 0 saturated carbocycles. The van der Waals surface area contributed by atoms with Crippen molar-refractivity contribution in [3.8, 4) is 0 Å². The molecule has 1 N–H and O–H groups in total. The average Bonchev–Trinajstić information content (AvgIpc) is 2.39. The van der Waals surface area contributed by atoms with Crippen LogP contribution in [-0.4, -0.2) is 31.1 Å². The standard InChI is InChI=1S/C15H20ClF3N2/c1-10(11-4-3-7-21(2)9-11)20-14-6-5-12(8-13(14)16)15(17,18)19/h5-6,8,10-11,20H,3-4,7,9H2,1-2H3. The molecule has 1 aliphatic heterocycles. The summed E-state index contributed by atoms with van der Waals surface area (Å²) in [6, 6.07) is 3.62. The molecule has 0 radical (unpaired) electrons. The Bertz CT molecular complexity index is 490. The van der Waals surface area contributed by atoms with Crippen LogP contribution in [-0.2, 0) is 6.18 Å². The van der Waals surface area contributed by atoms with E-state index in [0.29, 0.717) is 11.6 Å². The van der Waals surface area contributed by atoms with Gasteiger partial charge in [-0.15, -0.1) is 0 Å². The number of piperidine rings is 1. The molecule has 21 heavy (non-hydrogen) atoms. The third kappa shape index (κ3) is 4.27. The fourth-order valence-corrected chi connectivity index (χ4v) is 3.02. The molecular weight excluding hydrogens is 301 g/mol. The smallest absolute Gasteiger partial charge is 0.381 e. The van der Waals surface area contributed by atoms with Gasteiger partial charge in [-0.25, -0.2) is 0 Å². The summed E-state index contributed by atoms with van der Waals surface area (Å²) >= 11 is 5.97. The highest BCUT2D eigenvalue weighted by atomic mass is 35.5. The summed E-state index contributed by atoms with van der Waals surface area (Å²) in [5.74, 6) is 0.474. The number of alkyl halides is 3. The Balaban J connectivity index is 2.05. The number of hydrogen-bond donors (Lipinski definition) is 1. The molecule has 1 aromatic carbocycles. The number of benzene rings is 1. The van der Waals surface area contributed by atoms with E-state index < -0.39 is 11.7 Å². The molecule has 1 aliphatic rings. The van der Waals surface area contributed by atoms with E-state index in [1.54, 1.807) is 0 Å². The molecule has 1 saturated heterocycles. The third-order valence-electron chi connectivity index (χ3n) is 4.05. The highest BCUT2D eigenvalue weighted by Crippen LogP contribution is 2.34. The third-order valence-corrected chi connectivity index (χ3v) is 4.36. The first-order chi connectivity index (χ1) is 9.77. The van der Waals surface area contributed by atoms with Gasteiger partial charge >= 0.3 is 6.18 Å². The molecule has 0 bridgehead atoms. The maximum absolute atomic E-state index is 12.6. The van der Waals surface area contributed by atoms with Crippen molar-refractivity contribution < 1.29 is 13.2 Å². The lowest BCUT2D eigenvalue weighted by Crippen LogP contribution is -2.39. The van der Waals surface area contributed by atoms with Gasteiger partial charge in [0.25, 0.3) is 0 Å². The van der Waals surface area contributed by atoms with Crippen molar-refractivity contribution >= 4 is 17.3 Å². The first kappa shape index (κ1) is 16.4. The number of nitrogens with one attached hydrogen (secondary N) is 1. The summed E-state index contributed by atoms with van der Waals surface area (Å²) in [5.41, 5.74) is -0.159. The van der Waals surface area contributed by atoms with Gasteiger partial charge in [-0.1, -0.05) is 11.6 Å². The van der Waals surface area contributed by atoms with Crippen molar-refractivity contribution in [3.63, 3.8) is 0 Å². The number of likely N-dealkylation sites (tertiary alicyclic amines) is 1. The molecule has 2 nitrogen and oxygen atoms in total. The van der Waals surface area contributed by atoms with Crippen LogP contribution in [0.15, 0.2) is 18.2 Å². The van der Waals surface area contributed by atoms with Crippen molar-refractivity contribution in [2.75, 3.05) is 25.5 Å². The van der Waals surface area contributed by atoms with Gasteiger partial charge in [-0.05, 0) is 57.5 Å². The fraction of sp³-hybridized carbons (Fsp3) is 0.600. The van der Waals surface area contributed by atoms with Crippen molar-refractivity contribution in [2.24, 2.45) is 5.92 Å². The Labute approximate surface area is 128 Å². The van der Waals surface area contributed by atoms with Crippen molar-refractivity contribution in [1.82, 2.24) is 4.90 Å². The van der Waals surface area contributed by atoms with Crippen LogP contribution < -0.4 is 5.32 Å². The largest absolute Gasteiger partial charge is 0.416 e. The molecule has 118 valence electrons. The average molecular weight is 321 g/mol. The number of hydrogen-bond acceptors (Lipinski definition) is 2. The van der Waals surface area contributed by atoms with E-state index >= 15 is 0 Å². The molecular formula is C15H20ClF3N2. The predicted molar refractivity (Wildman–Crippen MR) is 79.8 cm³/mol. The van der Waals surface area contributed by atoms with Crippen molar-refractivity contribution in [2.45, 2.75) is 32.0 Å². The molecule has 2 rings (SSSR count). The predicted octanol–water partition coefficient (Wildman–Crippen LogP) is 4.50. The van der Waals surface area contributed by atoms with Gasteiger partial charge in [0.2, 0.25) is 0 Å². The van der Waals surface area contributed by atoms with Crippen LogP contribution in [0.3, 0.4) is 0 Å². The highest BCUT2D eigenvalue weighted by Gasteiger charge is 2.31. The minimum atomic E-state index is -4.36. The Morgan fingerprint density at radius 3 is 2.67 bits per heavy atom. The van der Waals surface area contributed by atoms with Gasteiger partial charge < -0.3 is 10.2 Å². The summed E-state index contributed by atoms with van der Waals surface area (Å²) < 4.78 is 37.8. The van der Waals surface area contributed by atoms with E-state index in [2.05, 4.69) is 24.2 Å². The Hall–Kier alpha value is -0.940. The Morgan fingerprint density at radius 2 is 2.10 bits per heavy atom. The summed E-state index contributed by atoms with van der Waals surface area (Å²) in [4.78, 5) is 2.28. The van der Waals surface area contributed by atoms with Crippen LogP contribution in [0.1, 0.15) is 25.3 Å². The molecule has 0 aliphatic carbocycles. The molecule has 1 heterocycles. The van der Waals surface area contributed by atoms with Crippen molar-refractivity contribution in [3.05, 3.63) is 28.8 Å².